The van der Waals surface area contributed by atoms with Gasteiger partial charge in [0.05, 0.1) is 13.2 Å². The number of aromatic nitrogens is 4. The third kappa shape index (κ3) is 2.05. The van der Waals surface area contributed by atoms with Gasteiger partial charge in [0.25, 0.3) is 0 Å². The summed E-state index contributed by atoms with van der Waals surface area (Å²) in [5.74, 6) is 3.10. The second-order valence-electron chi connectivity index (χ2n) is 6.18. The summed E-state index contributed by atoms with van der Waals surface area (Å²) in [6, 6.07) is 6.07. The number of ether oxygens (including phenoxy) is 1. The third-order valence-corrected chi connectivity index (χ3v) is 4.93. The molecule has 110 valence electrons. The Labute approximate surface area is 123 Å². The Hall–Kier alpha value is -2.11. The molecule has 0 saturated heterocycles. The highest BCUT2D eigenvalue weighted by Gasteiger charge is 2.42. The third-order valence-electron chi connectivity index (χ3n) is 4.93. The second-order valence-corrected chi connectivity index (χ2v) is 6.18. The van der Waals surface area contributed by atoms with E-state index in [1.54, 1.807) is 13.2 Å². The summed E-state index contributed by atoms with van der Waals surface area (Å²) in [5, 5.41) is 12.4. The van der Waals surface area contributed by atoms with E-state index in [4.69, 9.17) is 10.5 Å². The predicted molar refractivity (Wildman–Crippen MR) is 78.7 cm³/mol. The zero-order valence-corrected chi connectivity index (χ0v) is 12.1. The summed E-state index contributed by atoms with van der Waals surface area (Å²) < 4.78 is 7.29. The zero-order chi connectivity index (χ0) is 14.4. The lowest BCUT2D eigenvalue weighted by Crippen LogP contribution is -2.18. The first-order chi connectivity index (χ1) is 10.2. The van der Waals surface area contributed by atoms with Crippen molar-refractivity contribution in [2.24, 2.45) is 11.8 Å². The van der Waals surface area contributed by atoms with Gasteiger partial charge >= 0.3 is 0 Å². The van der Waals surface area contributed by atoms with Gasteiger partial charge in [0.15, 0.2) is 5.82 Å². The van der Waals surface area contributed by atoms with E-state index in [1.807, 2.05) is 16.8 Å². The minimum Gasteiger partial charge on any atom is -0.497 e. The van der Waals surface area contributed by atoms with Crippen LogP contribution in [0.15, 0.2) is 18.2 Å². The Kier molecular flexibility index (Phi) is 2.83. The molecule has 2 saturated carbocycles. The van der Waals surface area contributed by atoms with Gasteiger partial charge in [-0.25, -0.2) is 4.68 Å². The number of fused-ring (bicyclic) bond motifs is 2. The maximum absolute atomic E-state index is 5.95. The quantitative estimate of drug-likeness (QED) is 0.875. The molecule has 1 aromatic heterocycles. The van der Waals surface area contributed by atoms with Crippen LogP contribution in [0, 0.1) is 11.8 Å². The first-order valence-electron chi connectivity index (χ1n) is 7.47. The number of nitrogen functional groups attached to an aromatic ring is 1. The number of tetrazole rings is 1. The van der Waals surface area contributed by atoms with Gasteiger partial charge in [0, 0.05) is 17.3 Å². The van der Waals surface area contributed by atoms with Crippen molar-refractivity contribution in [2.45, 2.75) is 31.7 Å². The lowest BCUT2D eigenvalue weighted by atomic mass is 9.95. The van der Waals surface area contributed by atoms with E-state index in [0.29, 0.717) is 11.7 Å². The standard InChI is InChI=1S/C15H19N5O/c1-21-13-7-11(6-12(16)8-13)15-17-18-19-20(15)14-5-9-2-3-10(14)4-9/h6-10,14H,2-5,16H2,1H3. The zero-order valence-electron chi connectivity index (χ0n) is 12.1. The molecule has 2 fully saturated rings. The lowest BCUT2D eigenvalue weighted by Gasteiger charge is -2.22. The molecule has 0 aliphatic heterocycles. The molecule has 2 N–H and O–H groups in total. The normalized spacial score (nSPS) is 27.2. The van der Waals surface area contributed by atoms with Gasteiger partial charge in [-0.3, -0.25) is 0 Å². The highest BCUT2D eigenvalue weighted by molar-refractivity contribution is 5.64. The summed E-state index contributed by atoms with van der Waals surface area (Å²) >= 11 is 0. The van der Waals surface area contributed by atoms with Crippen molar-refractivity contribution in [3.63, 3.8) is 0 Å². The number of methoxy groups -OCH3 is 1. The molecule has 0 spiro atoms. The van der Waals surface area contributed by atoms with Crippen LogP contribution in [0.5, 0.6) is 5.75 Å². The Morgan fingerprint density at radius 3 is 2.86 bits per heavy atom. The molecule has 2 bridgehead atoms. The van der Waals surface area contributed by atoms with Crippen LogP contribution in [0.1, 0.15) is 31.7 Å². The summed E-state index contributed by atoms with van der Waals surface area (Å²) in [5.41, 5.74) is 7.52. The van der Waals surface area contributed by atoms with E-state index >= 15 is 0 Å². The highest BCUT2D eigenvalue weighted by Crippen LogP contribution is 2.51. The Bertz CT molecular complexity index is 668. The number of rotatable bonds is 3. The molecule has 0 radical (unpaired) electrons. The molecule has 3 unspecified atom stereocenters. The molecule has 1 heterocycles. The van der Waals surface area contributed by atoms with Gasteiger partial charge in [-0.05, 0) is 53.7 Å². The Balaban J connectivity index is 1.73. The minimum absolute atomic E-state index is 0.432. The maximum atomic E-state index is 5.95. The molecule has 1 aromatic carbocycles. The predicted octanol–water partition coefficient (Wildman–Crippen LogP) is 2.29. The summed E-state index contributed by atoms with van der Waals surface area (Å²) in [4.78, 5) is 0. The first-order valence-corrected chi connectivity index (χ1v) is 7.47. The number of anilines is 1. The number of nitrogens with two attached hydrogens (primary N) is 1. The monoisotopic (exact) mass is 285 g/mol. The van der Waals surface area contributed by atoms with Crippen LogP contribution in [-0.4, -0.2) is 27.3 Å². The van der Waals surface area contributed by atoms with E-state index in [2.05, 4.69) is 15.5 Å². The number of benzene rings is 1. The molecule has 2 aromatic rings. The fourth-order valence-electron chi connectivity index (χ4n) is 3.99. The Morgan fingerprint density at radius 2 is 2.14 bits per heavy atom. The fourth-order valence-corrected chi connectivity index (χ4v) is 3.99. The van der Waals surface area contributed by atoms with Gasteiger partial charge in [-0.2, -0.15) is 0 Å². The lowest BCUT2D eigenvalue weighted by molar-refractivity contribution is 0.304. The van der Waals surface area contributed by atoms with Crippen LogP contribution in [-0.2, 0) is 0 Å². The van der Waals surface area contributed by atoms with Crippen LogP contribution in [0.2, 0.25) is 0 Å². The van der Waals surface area contributed by atoms with Crippen LogP contribution < -0.4 is 10.5 Å². The molecular weight excluding hydrogens is 266 g/mol. The molecule has 3 atom stereocenters. The van der Waals surface area contributed by atoms with Crippen LogP contribution in [0.25, 0.3) is 11.4 Å². The summed E-state index contributed by atoms with van der Waals surface area (Å²) in [6.07, 6.45) is 5.19. The van der Waals surface area contributed by atoms with Crippen LogP contribution in [0.3, 0.4) is 0 Å². The van der Waals surface area contributed by atoms with Gasteiger partial charge in [-0.1, -0.05) is 6.42 Å². The average Bonchev–Trinajstić information content (AvgIpc) is 3.21. The summed E-state index contributed by atoms with van der Waals surface area (Å²) in [7, 11) is 1.64. The van der Waals surface area contributed by atoms with E-state index in [0.717, 1.165) is 29.0 Å². The van der Waals surface area contributed by atoms with Crippen molar-refractivity contribution in [3.05, 3.63) is 18.2 Å². The van der Waals surface area contributed by atoms with Crippen LogP contribution in [0.4, 0.5) is 5.69 Å². The van der Waals surface area contributed by atoms with Gasteiger partial charge in [-0.15, -0.1) is 5.10 Å². The number of hydrogen-bond acceptors (Lipinski definition) is 5. The van der Waals surface area contributed by atoms with E-state index in [9.17, 15) is 0 Å². The first kappa shape index (κ1) is 12.6. The van der Waals surface area contributed by atoms with E-state index < -0.39 is 0 Å². The molecule has 6 heteroatoms. The molecular formula is C15H19N5O. The molecule has 21 heavy (non-hydrogen) atoms. The molecule has 2 aliphatic carbocycles. The van der Waals surface area contributed by atoms with Crippen molar-refractivity contribution < 1.29 is 4.74 Å². The molecule has 0 amide bonds. The molecule has 2 aliphatic rings. The highest BCUT2D eigenvalue weighted by atomic mass is 16.5. The number of nitrogens with zero attached hydrogens (tertiary/aromatic N) is 4. The van der Waals surface area contributed by atoms with Gasteiger partial charge < -0.3 is 10.5 Å². The average molecular weight is 285 g/mol. The molecule has 6 nitrogen and oxygen atoms in total. The summed E-state index contributed by atoms with van der Waals surface area (Å²) in [6.45, 7) is 0. The van der Waals surface area contributed by atoms with Crippen molar-refractivity contribution >= 4 is 5.69 Å². The van der Waals surface area contributed by atoms with Gasteiger partial charge in [0.2, 0.25) is 0 Å². The van der Waals surface area contributed by atoms with E-state index in [1.165, 1.54) is 25.7 Å². The van der Waals surface area contributed by atoms with Crippen molar-refractivity contribution in [2.75, 3.05) is 12.8 Å². The topological polar surface area (TPSA) is 78.8 Å². The van der Waals surface area contributed by atoms with Crippen molar-refractivity contribution in [1.82, 2.24) is 20.2 Å². The van der Waals surface area contributed by atoms with Crippen molar-refractivity contribution in [3.8, 4) is 17.1 Å². The smallest absolute Gasteiger partial charge is 0.182 e. The fraction of sp³-hybridized carbons (Fsp3) is 0.533. The maximum Gasteiger partial charge on any atom is 0.182 e. The largest absolute Gasteiger partial charge is 0.497 e. The van der Waals surface area contributed by atoms with Gasteiger partial charge in [0.1, 0.15) is 5.75 Å². The van der Waals surface area contributed by atoms with Crippen molar-refractivity contribution in [1.29, 1.82) is 0 Å². The minimum atomic E-state index is 0.432. The second kappa shape index (κ2) is 4.72. The SMILES string of the molecule is COc1cc(N)cc(-c2nnnn2C2CC3CCC2C3)c1. The Morgan fingerprint density at radius 1 is 1.24 bits per heavy atom. The van der Waals surface area contributed by atoms with E-state index in [-0.39, 0.29) is 0 Å². The number of hydrogen-bond donors (Lipinski definition) is 1. The molecule has 4 rings (SSSR count). The van der Waals surface area contributed by atoms with Crippen LogP contribution >= 0.6 is 0 Å².